The third-order valence-electron chi connectivity index (χ3n) is 2.79. The van der Waals surface area contributed by atoms with Crippen molar-refractivity contribution in [1.82, 2.24) is 9.97 Å². The van der Waals surface area contributed by atoms with Crippen LogP contribution in [0.5, 0.6) is 0 Å². The molecule has 0 atom stereocenters. The topological polar surface area (TPSA) is 37.8 Å². The number of benzene rings is 1. The Balaban J connectivity index is 2.19. The van der Waals surface area contributed by atoms with Gasteiger partial charge in [-0.1, -0.05) is 22.0 Å². The Kier molecular flexibility index (Phi) is 2.17. The van der Waals surface area contributed by atoms with Crippen molar-refractivity contribution in [3.8, 4) is 11.3 Å². The van der Waals surface area contributed by atoms with Crippen LogP contribution >= 0.6 is 15.9 Å². The molecule has 1 aliphatic carbocycles. The SMILES string of the molecule is CNc1ncc2c(n1)-c1ccc(Br)cc1C2. The molecule has 4 heteroatoms. The summed E-state index contributed by atoms with van der Waals surface area (Å²) in [6, 6.07) is 6.31. The number of anilines is 1. The average Bonchev–Trinajstić information content (AvgIpc) is 2.65. The van der Waals surface area contributed by atoms with E-state index in [1.165, 1.54) is 16.7 Å². The Morgan fingerprint density at radius 1 is 1.31 bits per heavy atom. The van der Waals surface area contributed by atoms with E-state index in [1.54, 1.807) is 0 Å². The van der Waals surface area contributed by atoms with Gasteiger partial charge in [-0.15, -0.1) is 0 Å². The molecule has 1 N–H and O–H groups in total. The highest BCUT2D eigenvalue weighted by molar-refractivity contribution is 9.10. The second kappa shape index (κ2) is 3.56. The summed E-state index contributed by atoms with van der Waals surface area (Å²) in [5.41, 5.74) is 4.79. The summed E-state index contributed by atoms with van der Waals surface area (Å²) in [5.74, 6) is 0.675. The second-order valence-corrected chi connectivity index (χ2v) is 4.71. The molecular weight excluding hydrogens is 266 g/mol. The molecule has 0 unspecified atom stereocenters. The molecule has 0 saturated heterocycles. The van der Waals surface area contributed by atoms with E-state index in [1.807, 2.05) is 13.2 Å². The minimum Gasteiger partial charge on any atom is -0.357 e. The summed E-state index contributed by atoms with van der Waals surface area (Å²) >= 11 is 3.49. The summed E-state index contributed by atoms with van der Waals surface area (Å²) in [7, 11) is 1.83. The van der Waals surface area contributed by atoms with Gasteiger partial charge >= 0.3 is 0 Å². The van der Waals surface area contributed by atoms with Crippen molar-refractivity contribution in [3.05, 3.63) is 40.0 Å². The number of rotatable bonds is 1. The van der Waals surface area contributed by atoms with Gasteiger partial charge in [0, 0.05) is 35.3 Å². The molecule has 0 fully saturated rings. The zero-order valence-electron chi connectivity index (χ0n) is 8.79. The van der Waals surface area contributed by atoms with E-state index >= 15 is 0 Å². The third-order valence-corrected chi connectivity index (χ3v) is 3.28. The fraction of sp³-hybridized carbons (Fsp3) is 0.167. The molecule has 0 aliphatic heterocycles. The van der Waals surface area contributed by atoms with Gasteiger partial charge < -0.3 is 5.32 Å². The molecule has 3 rings (SSSR count). The van der Waals surface area contributed by atoms with Crippen LogP contribution in [0.1, 0.15) is 11.1 Å². The molecule has 0 amide bonds. The summed E-state index contributed by atoms with van der Waals surface area (Å²) < 4.78 is 1.11. The van der Waals surface area contributed by atoms with Crippen LogP contribution in [0.25, 0.3) is 11.3 Å². The van der Waals surface area contributed by atoms with E-state index in [4.69, 9.17) is 0 Å². The van der Waals surface area contributed by atoms with Crippen molar-refractivity contribution >= 4 is 21.9 Å². The van der Waals surface area contributed by atoms with Crippen LogP contribution in [0.3, 0.4) is 0 Å². The van der Waals surface area contributed by atoms with Crippen molar-refractivity contribution in [2.24, 2.45) is 0 Å². The zero-order valence-corrected chi connectivity index (χ0v) is 10.4. The number of fused-ring (bicyclic) bond motifs is 3. The average molecular weight is 276 g/mol. The summed E-state index contributed by atoms with van der Waals surface area (Å²) in [6.07, 6.45) is 2.83. The maximum absolute atomic E-state index is 4.51. The first-order chi connectivity index (χ1) is 7.78. The molecule has 1 aromatic heterocycles. The number of hydrogen-bond donors (Lipinski definition) is 1. The van der Waals surface area contributed by atoms with Crippen molar-refractivity contribution in [1.29, 1.82) is 0 Å². The predicted octanol–water partition coefficient (Wildman–Crippen LogP) is 2.85. The Morgan fingerprint density at radius 2 is 2.19 bits per heavy atom. The minimum atomic E-state index is 0.675. The van der Waals surface area contributed by atoms with Crippen molar-refractivity contribution in [2.45, 2.75) is 6.42 Å². The van der Waals surface area contributed by atoms with Gasteiger partial charge in [0.25, 0.3) is 0 Å². The minimum absolute atomic E-state index is 0.675. The van der Waals surface area contributed by atoms with Gasteiger partial charge in [-0.3, -0.25) is 0 Å². The van der Waals surface area contributed by atoms with E-state index in [2.05, 4.69) is 49.4 Å². The highest BCUT2D eigenvalue weighted by Gasteiger charge is 2.20. The molecule has 0 spiro atoms. The van der Waals surface area contributed by atoms with Gasteiger partial charge in [-0.05, 0) is 17.7 Å². The van der Waals surface area contributed by atoms with Crippen LogP contribution < -0.4 is 5.32 Å². The molecule has 3 nitrogen and oxygen atoms in total. The molecule has 2 aromatic rings. The molecule has 16 heavy (non-hydrogen) atoms. The number of aromatic nitrogens is 2. The Labute approximate surface area is 102 Å². The van der Waals surface area contributed by atoms with E-state index in [-0.39, 0.29) is 0 Å². The van der Waals surface area contributed by atoms with Gasteiger partial charge in [0.1, 0.15) is 0 Å². The monoisotopic (exact) mass is 275 g/mol. The molecule has 80 valence electrons. The number of halogens is 1. The van der Waals surface area contributed by atoms with Crippen LogP contribution in [0.4, 0.5) is 5.95 Å². The maximum atomic E-state index is 4.51. The molecular formula is C12H10BrN3. The van der Waals surface area contributed by atoms with E-state index < -0.39 is 0 Å². The standard InChI is InChI=1S/C12H10BrN3/c1-14-12-15-6-8-4-7-5-9(13)2-3-10(7)11(8)16-12/h2-3,5-6H,4H2,1H3,(H,14,15,16). The molecule has 1 aliphatic rings. The van der Waals surface area contributed by atoms with Crippen LogP contribution in [-0.4, -0.2) is 17.0 Å². The summed E-state index contributed by atoms with van der Waals surface area (Å²) in [5, 5.41) is 2.97. The predicted molar refractivity (Wildman–Crippen MR) is 67.5 cm³/mol. The normalized spacial score (nSPS) is 12.1. The van der Waals surface area contributed by atoms with Crippen molar-refractivity contribution in [3.63, 3.8) is 0 Å². The smallest absolute Gasteiger partial charge is 0.222 e. The van der Waals surface area contributed by atoms with Crippen LogP contribution in [0.2, 0.25) is 0 Å². The first-order valence-corrected chi connectivity index (χ1v) is 5.89. The van der Waals surface area contributed by atoms with Crippen LogP contribution in [-0.2, 0) is 6.42 Å². The lowest BCUT2D eigenvalue weighted by Gasteiger charge is -2.02. The molecule has 0 radical (unpaired) electrons. The van der Waals surface area contributed by atoms with E-state index in [0.29, 0.717) is 5.95 Å². The summed E-state index contributed by atoms with van der Waals surface area (Å²) in [6.45, 7) is 0. The maximum Gasteiger partial charge on any atom is 0.222 e. The fourth-order valence-electron chi connectivity index (χ4n) is 2.03. The van der Waals surface area contributed by atoms with Gasteiger partial charge in [0.2, 0.25) is 5.95 Å². The lowest BCUT2D eigenvalue weighted by molar-refractivity contribution is 1.11. The number of nitrogens with one attached hydrogen (secondary N) is 1. The summed E-state index contributed by atoms with van der Waals surface area (Å²) in [4.78, 5) is 8.75. The Hall–Kier alpha value is -1.42. The quantitative estimate of drug-likeness (QED) is 0.742. The molecule has 1 heterocycles. The Bertz CT molecular complexity index is 566. The third kappa shape index (κ3) is 1.41. The first-order valence-electron chi connectivity index (χ1n) is 5.10. The molecule has 1 aromatic carbocycles. The first kappa shape index (κ1) is 9.78. The van der Waals surface area contributed by atoms with Gasteiger partial charge in [-0.25, -0.2) is 9.97 Å². The van der Waals surface area contributed by atoms with Gasteiger partial charge in [0.15, 0.2) is 0 Å². The molecule has 0 bridgehead atoms. The van der Waals surface area contributed by atoms with E-state index in [9.17, 15) is 0 Å². The number of nitrogens with zero attached hydrogens (tertiary/aromatic N) is 2. The highest BCUT2D eigenvalue weighted by atomic mass is 79.9. The van der Waals surface area contributed by atoms with Crippen LogP contribution in [0.15, 0.2) is 28.9 Å². The van der Waals surface area contributed by atoms with Crippen LogP contribution in [0, 0.1) is 0 Å². The van der Waals surface area contributed by atoms with Crippen molar-refractivity contribution < 1.29 is 0 Å². The zero-order chi connectivity index (χ0) is 11.1. The largest absolute Gasteiger partial charge is 0.357 e. The van der Waals surface area contributed by atoms with Gasteiger partial charge in [-0.2, -0.15) is 0 Å². The van der Waals surface area contributed by atoms with E-state index in [0.717, 1.165) is 16.6 Å². The van der Waals surface area contributed by atoms with Crippen molar-refractivity contribution in [2.75, 3.05) is 12.4 Å². The number of hydrogen-bond acceptors (Lipinski definition) is 3. The second-order valence-electron chi connectivity index (χ2n) is 3.80. The van der Waals surface area contributed by atoms with Gasteiger partial charge in [0.05, 0.1) is 5.69 Å². The highest BCUT2D eigenvalue weighted by Crippen LogP contribution is 2.36. The lowest BCUT2D eigenvalue weighted by Crippen LogP contribution is -1.97. The fourth-order valence-corrected chi connectivity index (χ4v) is 2.44. The Morgan fingerprint density at radius 3 is 3.00 bits per heavy atom. The molecule has 0 saturated carbocycles. The lowest BCUT2D eigenvalue weighted by atomic mass is 10.1.